The van der Waals surface area contributed by atoms with Gasteiger partial charge in [-0.15, -0.1) is 6.42 Å². The lowest BCUT2D eigenvalue weighted by Crippen LogP contribution is -2.34. The van der Waals surface area contributed by atoms with Crippen LogP contribution in [0, 0.1) is 12.3 Å². The van der Waals surface area contributed by atoms with Crippen LogP contribution in [0.15, 0.2) is 0 Å². The summed E-state index contributed by atoms with van der Waals surface area (Å²) in [7, 11) is 6.14. The second-order valence-electron chi connectivity index (χ2n) is 3.22. The lowest BCUT2D eigenvalue weighted by Gasteiger charge is -2.42. The molecule has 1 aliphatic rings. The van der Waals surface area contributed by atoms with Crippen LogP contribution in [-0.4, -0.2) is 42.3 Å². The molecule has 0 saturated carbocycles. The van der Waals surface area contributed by atoms with Gasteiger partial charge in [0.1, 0.15) is 5.54 Å². The Morgan fingerprint density at radius 3 is 2.77 bits per heavy atom. The summed E-state index contributed by atoms with van der Waals surface area (Å²) in [4.78, 5) is 0. The minimum absolute atomic E-state index is 0.231. The Balaban J connectivity index is 2.89. The highest BCUT2D eigenvalue weighted by Crippen LogP contribution is 2.65. The summed E-state index contributed by atoms with van der Waals surface area (Å²) < 4.78 is 4.35. The molecule has 2 nitrogen and oxygen atoms in total. The monoisotopic (exact) mass is 234 g/mol. The third-order valence-electron chi connectivity index (χ3n) is 2.20. The summed E-state index contributed by atoms with van der Waals surface area (Å²) in [5, 5.41) is 0. The first kappa shape index (κ1) is 11.6. The number of hydrogen-bond donors (Lipinski definition) is 0. The highest BCUT2D eigenvalue weighted by Gasteiger charge is 2.34. The molecule has 2 atom stereocenters. The zero-order valence-corrected chi connectivity index (χ0v) is 10.8. The zero-order valence-electron chi connectivity index (χ0n) is 8.23. The quantitative estimate of drug-likeness (QED) is 0.504. The third kappa shape index (κ3) is 2.11. The van der Waals surface area contributed by atoms with Gasteiger partial charge in [0.05, 0.1) is 6.04 Å². The molecule has 1 heterocycles. The van der Waals surface area contributed by atoms with E-state index < -0.39 is 5.54 Å². The van der Waals surface area contributed by atoms with Gasteiger partial charge < -0.3 is 0 Å². The minimum atomic E-state index is -1.57. The second kappa shape index (κ2) is 4.33. The molecule has 1 aliphatic heterocycles. The van der Waals surface area contributed by atoms with Crippen molar-refractivity contribution in [3.8, 4) is 12.3 Å². The van der Waals surface area contributed by atoms with Gasteiger partial charge in [-0.1, -0.05) is 29.1 Å². The molecule has 0 aromatic heterocycles. The van der Waals surface area contributed by atoms with Gasteiger partial charge in [0, 0.05) is 5.75 Å². The maximum Gasteiger partial charge on any atom is 0.132 e. The van der Waals surface area contributed by atoms with Gasteiger partial charge in [0.2, 0.25) is 0 Å². The van der Waals surface area contributed by atoms with Crippen molar-refractivity contribution >= 4 is 28.7 Å². The minimum Gasteiger partial charge on any atom is -0.262 e. The summed E-state index contributed by atoms with van der Waals surface area (Å²) in [6.07, 6.45) is 6.53. The van der Waals surface area contributed by atoms with Crippen LogP contribution in [0.25, 0.3) is 0 Å². The van der Waals surface area contributed by atoms with E-state index in [1.165, 1.54) is 0 Å². The molecule has 0 N–H and O–H groups in total. The van der Waals surface area contributed by atoms with E-state index in [1.54, 1.807) is 0 Å². The molecule has 2 unspecified atom stereocenters. The van der Waals surface area contributed by atoms with Crippen molar-refractivity contribution in [1.82, 2.24) is 9.34 Å². The molecule has 0 aromatic carbocycles. The van der Waals surface area contributed by atoms with Gasteiger partial charge in [-0.05, 0) is 27.6 Å². The number of hydrogen-bond acceptors (Lipinski definition) is 2. The van der Waals surface area contributed by atoms with E-state index in [1.807, 2.05) is 25.5 Å². The Kier molecular flexibility index (Phi) is 3.85. The van der Waals surface area contributed by atoms with Gasteiger partial charge in [-0.2, -0.15) is 0 Å². The average molecular weight is 234 g/mol. The van der Waals surface area contributed by atoms with Crippen LogP contribution in [0.1, 0.15) is 6.42 Å². The fourth-order valence-electron chi connectivity index (χ4n) is 1.33. The first-order chi connectivity index (χ1) is 6.02. The van der Waals surface area contributed by atoms with E-state index in [2.05, 4.69) is 22.3 Å². The standard InChI is InChI=1S/C8H15N2PS2/c1-5-8-6-7-13-11(12,9(2)3)10(8)4/h1,8H,6-7H2,2-4H3. The number of terminal acetylenes is 1. The van der Waals surface area contributed by atoms with E-state index in [4.69, 9.17) is 18.2 Å². The maximum atomic E-state index is 5.67. The normalized spacial score (nSPS) is 36.1. The molecule has 1 rings (SSSR count). The molecule has 5 heteroatoms. The summed E-state index contributed by atoms with van der Waals surface area (Å²) in [5.74, 6) is 3.90. The molecule has 0 aliphatic carbocycles. The van der Waals surface area contributed by atoms with Crippen molar-refractivity contribution in [3.63, 3.8) is 0 Å². The van der Waals surface area contributed by atoms with E-state index in [-0.39, 0.29) is 6.04 Å². The van der Waals surface area contributed by atoms with Crippen LogP contribution in [0.5, 0.6) is 0 Å². The first-order valence-corrected chi connectivity index (χ1v) is 8.44. The molecule has 0 spiro atoms. The smallest absolute Gasteiger partial charge is 0.132 e. The largest absolute Gasteiger partial charge is 0.262 e. The Morgan fingerprint density at radius 1 is 1.69 bits per heavy atom. The third-order valence-corrected chi connectivity index (χ3v) is 11.1. The lowest BCUT2D eigenvalue weighted by molar-refractivity contribution is 0.439. The molecule has 0 radical (unpaired) electrons. The fourth-order valence-corrected chi connectivity index (χ4v) is 7.03. The molecule has 0 aromatic rings. The predicted octanol–water partition coefficient (Wildman–Crippen LogP) is 1.84. The van der Waals surface area contributed by atoms with Gasteiger partial charge in [0.15, 0.2) is 0 Å². The van der Waals surface area contributed by atoms with Gasteiger partial charge in [-0.25, -0.2) is 4.67 Å². The van der Waals surface area contributed by atoms with Crippen LogP contribution in [-0.2, 0) is 11.8 Å². The highest BCUT2D eigenvalue weighted by molar-refractivity contribution is 8.69. The molecular weight excluding hydrogens is 219 g/mol. The van der Waals surface area contributed by atoms with Crippen molar-refractivity contribution < 1.29 is 0 Å². The second-order valence-corrected chi connectivity index (χ2v) is 10.8. The van der Waals surface area contributed by atoms with Crippen LogP contribution in [0.2, 0.25) is 0 Å². The summed E-state index contributed by atoms with van der Waals surface area (Å²) in [6.45, 7) is 0. The molecule has 0 amide bonds. The number of rotatable bonds is 1. The van der Waals surface area contributed by atoms with Crippen LogP contribution in [0.4, 0.5) is 0 Å². The van der Waals surface area contributed by atoms with Crippen molar-refractivity contribution in [2.24, 2.45) is 0 Å². The Morgan fingerprint density at radius 2 is 2.31 bits per heavy atom. The number of nitrogens with zero attached hydrogens (tertiary/aromatic N) is 2. The van der Waals surface area contributed by atoms with E-state index in [0.717, 1.165) is 12.2 Å². The molecule has 1 fully saturated rings. The summed E-state index contributed by atoms with van der Waals surface area (Å²) in [6, 6.07) is 0.231. The maximum absolute atomic E-state index is 5.67. The van der Waals surface area contributed by atoms with Crippen molar-refractivity contribution in [1.29, 1.82) is 0 Å². The van der Waals surface area contributed by atoms with Gasteiger partial charge in [0.25, 0.3) is 0 Å². The van der Waals surface area contributed by atoms with Gasteiger partial charge >= 0.3 is 0 Å². The van der Waals surface area contributed by atoms with Gasteiger partial charge in [-0.3, -0.25) is 4.67 Å². The highest BCUT2D eigenvalue weighted by atomic mass is 32.9. The van der Waals surface area contributed by atoms with E-state index in [9.17, 15) is 0 Å². The molecule has 74 valence electrons. The summed E-state index contributed by atoms with van der Waals surface area (Å²) in [5.41, 5.74) is -1.57. The fraction of sp³-hybridized carbons (Fsp3) is 0.750. The predicted molar refractivity (Wildman–Crippen MR) is 65.4 cm³/mol. The SMILES string of the molecule is C#CC1CCSP(=S)(N(C)C)N1C. The van der Waals surface area contributed by atoms with Crippen LogP contribution >= 0.6 is 16.9 Å². The van der Waals surface area contributed by atoms with Crippen LogP contribution < -0.4 is 0 Å². The molecule has 0 bridgehead atoms. The molecule has 13 heavy (non-hydrogen) atoms. The van der Waals surface area contributed by atoms with Crippen molar-refractivity contribution in [3.05, 3.63) is 0 Å². The first-order valence-electron chi connectivity index (χ1n) is 4.14. The summed E-state index contributed by atoms with van der Waals surface area (Å²) >= 11 is 7.56. The van der Waals surface area contributed by atoms with Crippen molar-refractivity contribution in [2.45, 2.75) is 12.5 Å². The van der Waals surface area contributed by atoms with Crippen molar-refractivity contribution in [2.75, 3.05) is 26.9 Å². The van der Waals surface area contributed by atoms with E-state index >= 15 is 0 Å². The van der Waals surface area contributed by atoms with E-state index in [0.29, 0.717) is 0 Å². The molecule has 1 saturated heterocycles. The lowest BCUT2D eigenvalue weighted by atomic mass is 10.2. The average Bonchev–Trinajstić information content (AvgIpc) is 2.09. The molecular formula is C8H15N2PS2. The Hall–Kier alpha value is 0.480. The Bertz CT molecular complexity index is 272. The van der Waals surface area contributed by atoms with Crippen LogP contribution in [0.3, 0.4) is 0 Å². The topological polar surface area (TPSA) is 6.48 Å². The Labute approximate surface area is 89.9 Å². The zero-order chi connectivity index (χ0) is 10.1.